The Labute approximate surface area is 132 Å². The van der Waals surface area contributed by atoms with Crippen molar-refractivity contribution in [1.82, 2.24) is 15.1 Å². The monoisotopic (exact) mass is 321 g/mol. The Bertz CT molecular complexity index is 651. The number of hydrogen-bond donors (Lipinski definition) is 1. The van der Waals surface area contributed by atoms with Gasteiger partial charge in [-0.25, -0.2) is 9.18 Å². The van der Waals surface area contributed by atoms with E-state index in [1.54, 1.807) is 6.07 Å². The first-order valence-electron chi connectivity index (χ1n) is 7.30. The average Bonchev–Trinajstić information content (AvgIpc) is 2.92. The van der Waals surface area contributed by atoms with Crippen LogP contribution in [-0.4, -0.2) is 60.5 Å². The van der Waals surface area contributed by atoms with Crippen LogP contribution in [-0.2, 0) is 14.3 Å². The molecule has 0 radical (unpaired) electrons. The van der Waals surface area contributed by atoms with Crippen molar-refractivity contribution in [3.63, 3.8) is 0 Å². The van der Waals surface area contributed by atoms with Gasteiger partial charge in [-0.3, -0.25) is 14.5 Å². The second kappa shape index (κ2) is 6.23. The van der Waals surface area contributed by atoms with E-state index in [-0.39, 0.29) is 25.0 Å². The Kier molecular flexibility index (Phi) is 4.14. The minimum absolute atomic E-state index is 0.155. The summed E-state index contributed by atoms with van der Waals surface area (Å²) in [7, 11) is 0. The van der Waals surface area contributed by atoms with Gasteiger partial charge in [-0.2, -0.15) is 0 Å². The number of benzene rings is 1. The number of ether oxygens (including phenoxy) is 1. The highest BCUT2D eigenvalue weighted by Crippen LogP contribution is 2.24. The number of nitrogens with one attached hydrogen (secondary N) is 1. The summed E-state index contributed by atoms with van der Waals surface area (Å²) >= 11 is 0. The minimum Gasteiger partial charge on any atom is -0.448 e. The quantitative estimate of drug-likeness (QED) is 0.867. The van der Waals surface area contributed by atoms with Gasteiger partial charge in [0, 0.05) is 13.1 Å². The summed E-state index contributed by atoms with van der Waals surface area (Å²) in [4.78, 5) is 38.8. The number of carbonyl (C=O) groups excluding carboxylic acids is 3. The molecule has 3 rings (SSSR count). The van der Waals surface area contributed by atoms with Gasteiger partial charge in [0.15, 0.2) is 0 Å². The van der Waals surface area contributed by atoms with E-state index in [1.807, 2.05) is 0 Å². The van der Waals surface area contributed by atoms with Crippen LogP contribution in [0, 0.1) is 5.82 Å². The Morgan fingerprint density at radius 1 is 1.35 bits per heavy atom. The predicted molar refractivity (Wildman–Crippen MR) is 76.8 cm³/mol. The highest BCUT2D eigenvalue weighted by molar-refractivity contribution is 5.91. The summed E-state index contributed by atoms with van der Waals surface area (Å²) < 4.78 is 18.2. The predicted octanol–water partition coefficient (Wildman–Crippen LogP) is 0.277. The molecule has 2 heterocycles. The van der Waals surface area contributed by atoms with Crippen LogP contribution < -0.4 is 5.32 Å². The van der Waals surface area contributed by atoms with Gasteiger partial charge < -0.3 is 15.0 Å². The zero-order valence-corrected chi connectivity index (χ0v) is 12.3. The first kappa shape index (κ1) is 15.3. The molecule has 0 aromatic heterocycles. The number of piperazine rings is 1. The molecule has 0 aliphatic carbocycles. The lowest BCUT2D eigenvalue weighted by Gasteiger charge is -2.36. The Morgan fingerprint density at radius 2 is 2.17 bits per heavy atom. The summed E-state index contributed by atoms with van der Waals surface area (Å²) in [6.07, 6.45) is -0.540. The summed E-state index contributed by atoms with van der Waals surface area (Å²) in [6, 6.07) is 4.71. The van der Waals surface area contributed by atoms with E-state index in [9.17, 15) is 18.8 Å². The molecule has 122 valence electrons. The molecule has 8 heteroatoms. The third kappa shape index (κ3) is 3.10. The van der Waals surface area contributed by atoms with Crippen molar-refractivity contribution in [2.24, 2.45) is 0 Å². The molecule has 2 aliphatic heterocycles. The fourth-order valence-corrected chi connectivity index (χ4v) is 2.77. The van der Waals surface area contributed by atoms with Gasteiger partial charge in [-0.1, -0.05) is 12.1 Å². The van der Waals surface area contributed by atoms with Crippen LogP contribution in [0.5, 0.6) is 0 Å². The summed E-state index contributed by atoms with van der Waals surface area (Å²) in [6.45, 7) is 1.06. The molecule has 23 heavy (non-hydrogen) atoms. The highest BCUT2D eigenvalue weighted by atomic mass is 19.1. The smallest absolute Gasteiger partial charge is 0.410 e. The number of cyclic esters (lactones) is 1. The van der Waals surface area contributed by atoms with E-state index < -0.39 is 18.0 Å². The maximum Gasteiger partial charge on any atom is 0.410 e. The number of hydrogen-bond acceptors (Lipinski definition) is 4. The molecule has 0 bridgehead atoms. The molecule has 7 nitrogen and oxygen atoms in total. The Balaban J connectivity index is 1.81. The van der Waals surface area contributed by atoms with Crippen molar-refractivity contribution in [2.75, 3.05) is 32.8 Å². The van der Waals surface area contributed by atoms with Crippen molar-refractivity contribution in [2.45, 2.75) is 6.04 Å². The third-order valence-corrected chi connectivity index (χ3v) is 3.87. The van der Waals surface area contributed by atoms with E-state index in [1.165, 1.54) is 28.0 Å². The van der Waals surface area contributed by atoms with Gasteiger partial charge in [0.05, 0.1) is 6.54 Å². The van der Waals surface area contributed by atoms with Crippen molar-refractivity contribution in [3.8, 4) is 0 Å². The molecule has 2 saturated heterocycles. The van der Waals surface area contributed by atoms with Gasteiger partial charge in [0.25, 0.3) is 0 Å². The second-order valence-electron chi connectivity index (χ2n) is 5.37. The van der Waals surface area contributed by atoms with Crippen LogP contribution in [0.15, 0.2) is 24.3 Å². The zero-order chi connectivity index (χ0) is 16.4. The molecule has 1 unspecified atom stereocenters. The lowest BCUT2D eigenvalue weighted by atomic mass is 10.0. The molecule has 1 aromatic carbocycles. The van der Waals surface area contributed by atoms with Gasteiger partial charge in [-0.15, -0.1) is 0 Å². The lowest BCUT2D eigenvalue weighted by molar-refractivity contribution is -0.143. The van der Waals surface area contributed by atoms with Crippen molar-refractivity contribution in [1.29, 1.82) is 0 Å². The first-order valence-corrected chi connectivity index (χ1v) is 7.30. The normalized spacial score (nSPS) is 21.2. The molecular formula is C15H16FN3O4. The largest absolute Gasteiger partial charge is 0.448 e. The van der Waals surface area contributed by atoms with Crippen LogP contribution in [0.2, 0.25) is 0 Å². The molecule has 1 aromatic rings. The molecule has 0 spiro atoms. The number of nitrogens with zero attached hydrogens (tertiary/aromatic N) is 2. The van der Waals surface area contributed by atoms with Crippen LogP contribution in [0.1, 0.15) is 11.6 Å². The number of amides is 3. The van der Waals surface area contributed by atoms with E-state index in [0.717, 1.165) is 0 Å². The fraction of sp³-hybridized carbons (Fsp3) is 0.400. The standard InChI is InChI=1S/C15H16FN3O4/c16-11-3-1-2-10(8-11)13-14(21)17-4-5-19(13)12(20)9-18-6-7-23-15(18)22/h1-3,8,13H,4-7,9H2,(H,17,21). The van der Waals surface area contributed by atoms with Crippen LogP contribution in [0.4, 0.5) is 9.18 Å². The van der Waals surface area contributed by atoms with Gasteiger partial charge in [0.2, 0.25) is 11.8 Å². The molecule has 2 aliphatic rings. The highest BCUT2D eigenvalue weighted by Gasteiger charge is 2.36. The maximum atomic E-state index is 13.5. The molecule has 2 fully saturated rings. The first-order chi connectivity index (χ1) is 11.1. The average molecular weight is 321 g/mol. The SMILES string of the molecule is O=C1NCCN(C(=O)CN2CCOC2=O)C1c1cccc(F)c1. The molecule has 1 atom stereocenters. The summed E-state index contributed by atoms with van der Waals surface area (Å²) in [5.74, 6) is -1.21. The van der Waals surface area contributed by atoms with Crippen molar-refractivity contribution < 1.29 is 23.5 Å². The van der Waals surface area contributed by atoms with Crippen LogP contribution >= 0.6 is 0 Å². The summed E-state index contributed by atoms with van der Waals surface area (Å²) in [5, 5.41) is 2.68. The summed E-state index contributed by atoms with van der Waals surface area (Å²) in [5.41, 5.74) is 0.402. The molecule has 1 N–H and O–H groups in total. The van der Waals surface area contributed by atoms with Gasteiger partial charge >= 0.3 is 6.09 Å². The van der Waals surface area contributed by atoms with E-state index in [0.29, 0.717) is 25.2 Å². The molecule has 3 amide bonds. The topological polar surface area (TPSA) is 79.0 Å². The Morgan fingerprint density at radius 3 is 2.87 bits per heavy atom. The van der Waals surface area contributed by atoms with Gasteiger partial charge in [0.1, 0.15) is 25.0 Å². The van der Waals surface area contributed by atoms with E-state index in [2.05, 4.69) is 5.32 Å². The second-order valence-corrected chi connectivity index (χ2v) is 5.37. The van der Waals surface area contributed by atoms with Crippen LogP contribution in [0.25, 0.3) is 0 Å². The number of halogens is 1. The molecular weight excluding hydrogens is 305 g/mol. The van der Waals surface area contributed by atoms with Gasteiger partial charge in [-0.05, 0) is 17.7 Å². The van der Waals surface area contributed by atoms with Crippen molar-refractivity contribution in [3.05, 3.63) is 35.6 Å². The zero-order valence-electron chi connectivity index (χ0n) is 12.3. The lowest BCUT2D eigenvalue weighted by Crippen LogP contribution is -2.54. The Hall–Kier alpha value is -2.64. The third-order valence-electron chi connectivity index (χ3n) is 3.87. The fourth-order valence-electron chi connectivity index (χ4n) is 2.77. The van der Waals surface area contributed by atoms with Crippen LogP contribution in [0.3, 0.4) is 0 Å². The maximum absolute atomic E-state index is 13.5. The van der Waals surface area contributed by atoms with Crippen molar-refractivity contribution >= 4 is 17.9 Å². The number of carbonyl (C=O) groups is 3. The van der Waals surface area contributed by atoms with E-state index in [4.69, 9.17) is 4.74 Å². The molecule has 0 saturated carbocycles. The van der Waals surface area contributed by atoms with E-state index >= 15 is 0 Å². The number of rotatable bonds is 3. The minimum atomic E-state index is -0.898.